The average molecular weight is 228 g/mol. The zero-order valence-corrected chi connectivity index (χ0v) is 9.69. The van der Waals surface area contributed by atoms with Crippen molar-refractivity contribution in [1.82, 2.24) is 4.90 Å². The van der Waals surface area contributed by atoms with Crippen LogP contribution in [0.5, 0.6) is 0 Å². The van der Waals surface area contributed by atoms with Gasteiger partial charge in [0.15, 0.2) is 0 Å². The van der Waals surface area contributed by atoms with Gasteiger partial charge >= 0.3 is 5.97 Å². The van der Waals surface area contributed by atoms with E-state index >= 15 is 0 Å². The first-order valence-electron chi connectivity index (χ1n) is 5.78. The van der Waals surface area contributed by atoms with Crippen LogP contribution in [0.1, 0.15) is 32.6 Å². The van der Waals surface area contributed by atoms with Crippen LogP contribution in [-0.4, -0.2) is 41.0 Å². The van der Waals surface area contributed by atoms with Crippen molar-refractivity contribution in [2.75, 3.05) is 13.1 Å². The van der Waals surface area contributed by atoms with Gasteiger partial charge in [0.25, 0.3) is 0 Å². The van der Waals surface area contributed by atoms with Crippen molar-refractivity contribution in [3.63, 3.8) is 0 Å². The largest absolute Gasteiger partial charge is 0.480 e. The third-order valence-corrected chi connectivity index (χ3v) is 2.82. The first-order valence-corrected chi connectivity index (χ1v) is 5.78. The monoisotopic (exact) mass is 228 g/mol. The van der Waals surface area contributed by atoms with Gasteiger partial charge in [0, 0.05) is 19.0 Å². The van der Waals surface area contributed by atoms with Crippen LogP contribution in [0.4, 0.5) is 0 Å². The Kier molecular flexibility index (Phi) is 4.73. The molecule has 0 aromatic heterocycles. The number of aliphatic carboxylic acids is 1. The van der Waals surface area contributed by atoms with E-state index in [0.29, 0.717) is 12.5 Å². The van der Waals surface area contributed by atoms with Crippen LogP contribution in [0.2, 0.25) is 0 Å². The number of carboxylic acids is 1. The third-order valence-electron chi connectivity index (χ3n) is 2.82. The molecule has 1 atom stereocenters. The highest BCUT2D eigenvalue weighted by Crippen LogP contribution is 2.29. The van der Waals surface area contributed by atoms with E-state index in [9.17, 15) is 9.59 Å². The van der Waals surface area contributed by atoms with Crippen LogP contribution >= 0.6 is 0 Å². The van der Waals surface area contributed by atoms with Crippen LogP contribution in [0.3, 0.4) is 0 Å². The van der Waals surface area contributed by atoms with Crippen LogP contribution in [-0.2, 0) is 9.59 Å². The van der Waals surface area contributed by atoms with Crippen molar-refractivity contribution in [2.24, 2.45) is 11.7 Å². The molecule has 1 amide bonds. The Labute approximate surface area is 95.6 Å². The second-order valence-corrected chi connectivity index (χ2v) is 4.48. The Bertz CT molecular complexity index is 264. The molecule has 0 heterocycles. The highest BCUT2D eigenvalue weighted by Gasteiger charge is 2.28. The number of carbonyl (C=O) groups is 2. The molecule has 0 aromatic carbocycles. The first-order chi connectivity index (χ1) is 7.52. The Hall–Kier alpha value is -1.10. The van der Waals surface area contributed by atoms with Crippen molar-refractivity contribution < 1.29 is 14.7 Å². The van der Waals surface area contributed by atoms with E-state index in [1.165, 1.54) is 4.90 Å². The van der Waals surface area contributed by atoms with E-state index in [1.807, 2.05) is 6.92 Å². The van der Waals surface area contributed by atoms with Gasteiger partial charge in [0.05, 0.1) is 0 Å². The molecule has 1 rings (SSSR count). The van der Waals surface area contributed by atoms with E-state index in [0.717, 1.165) is 19.3 Å². The quantitative estimate of drug-likeness (QED) is 0.662. The summed E-state index contributed by atoms with van der Waals surface area (Å²) in [5.74, 6) is -0.594. The summed E-state index contributed by atoms with van der Waals surface area (Å²) in [4.78, 5) is 23.9. The van der Waals surface area contributed by atoms with Gasteiger partial charge < -0.3 is 15.7 Å². The molecule has 0 aromatic rings. The smallest absolute Gasteiger partial charge is 0.323 e. The van der Waals surface area contributed by atoms with Crippen LogP contribution in [0, 0.1) is 5.92 Å². The fourth-order valence-electron chi connectivity index (χ4n) is 1.53. The van der Waals surface area contributed by atoms with Gasteiger partial charge in [-0.15, -0.1) is 0 Å². The van der Waals surface area contributed by atoms with Gasteiger partial charge in [0.1, 0.15) is 6.54 Å². The first kappa shape index (κ1) is 13.0. The number of nitrogens with two attached hydrogens (primary N) is 1. The summed E-state index contributed by atoms with van der Waals surface area (Å²) in [5.41, 5.74) is 5.69. The lowest BCUT2D eigenvalue weighted by molar-refractivity contribution is -0.144. The molecular formula is C11H20N2O3. The number of amides is 1. The standard InChI is InChI=1S/C11H20N2O3/c1-2-9(12)5-10(14)13(7-11(15)16)6-8-3-4-8/h8-9H,2-7,12H2,1H3,(H,15,16). The summed E-state index contributed by atoms with van der Waals surface area (Å²) in [5, 5.41) is 8.73. The molecule has 5 nitrogen and oxygen atoms in total. The molecule has 0 bridgehead atoms. The zero-order chi connectivity index (χ0) is 12.1. The summed E-state index contributed by atoms with van der Waals surface area (Å²) >= 11 is 0. The maximum Gasteiger partial charge on any atom is 0.323 e. The Balaban J connectivity index is 2.45. The van der Waals surface area contributed by atoms with E-state index in [1.54, 1.807) is 0 Å². The number of rotatable bonds is 7. The van der Waals surface area contributed by atoms with Crippen molar-refractivity contribution in [3.8, 4) is 0 Å². The Morgan fingerprint density at radius 2 is 2.12 bits per heavy atom. The van der Waals surface area contributed by atoms with Gasteiger partial charge in [-0.25, -0.2) is 0 Å². The topological polar surface area (TPSA) is 83.6 Å². The SMILES string of the molecule is CCC(N)CC(=O)N(CC(=O)O)CC1CC1. The molecule has 1 aliphatic carbocycles. The molecule has 5 heteroatoms. The molecule has 0 aliphatic heterocycles. The van der Waals surface area contributed by atoms with Gasteiger partial charge in [-0.3, -0.25) is 9.59 Å². The molecule has 1 saturated carbocycles. The summed E-state index contributed by atoms with van der Waals surface area (Å²) < 4.78 is 0. The summed E-state index contributed by atoms with van der Waals surface area (Å²) in [6.07, 6.45) is 3.18. The van der Waals surface area contributed by atoms with Gasteiger partial charge in [-0.2, -0.15) is 0 Å². The number of hydrogen-bond acceptors (Lipinski definition) is 3. The molecule has 1 unspecified atom stereocenters. The average Bonchev–Trinajstić information content (AvgIpc) is 2.99. The third kappa shape index (κ3) is 4.61. The fourth-order valence-corrected chi connectivity index (χ4v) is 1.53. The normalized spacial score (nSPS) is 16.9. The highest BCUT2D eigenvalue weighted by atomic mass is 16.4. The molecule has 1 fully saturated rings. The number of nitrogens with zero attached hydrogens (tertiary/aromatic N) is 1. The number of hydrogen-bond donors (Lipinski definition) is 2. The van der Waals surface area contributed by atoms with E-state index in [4.69, 9.17) is 10.8 Å². The summed E-state index contributed by atoms with van der Waals surface area (Å²) in [6, 6.07) is -0.164. The maximum atomic E-state index is 11.8. The van der Waals surface area contributed by atoms with Gasteiger partial charge in [-0.05, 0) is 25.2 Å². The molecule has 0 saturated heterocycles. The second kappa shape index (κ2) is 5.84. The Morgan fingerprint density at radius 3 is 2.56 bits per heavy atom. The predicted molar refractivity (Wildman–Crippen MR) is 59.8 cm³/mol. The molecule has 1 aliphatic rings. The predicted octanol–water partition coefficient (Wildman–Crippen LogP) is 0.437. The van der Waals surface area contributed by atoms with Gasteiger partial charge in [-0.1, -0.05) is 6.92 Å². The lowest BCUT2D eigenvalue weighted by Gasteiger charge is -2.22. The lowest BCUT2D eigenvalue weighted by Crippen LogP contribution is -2.40. The van der Waals surface area contributed by atoms with Crippen molar-refractivity contribution >= 4 is 11.9 Å². The van der Waals surface area contributed by atoms with Crippen LogP contribution in [0.15, 0.2) is 0 Å². The minimum absolute atomic E-state index is 0.136. The van der Waals surface area contributed by atoms with Crippen LogP contribution in [0.25, 0.3) is 0 Å². The fraction of sp³-hybridized carbons (Fsp3) is 0.818. The van der Waals surface area contributed by atoms with Gasteiger partial charge in [0.2, 0.25) is 5.91 Å². The molecular weight excluding hydrogens is 208 g/mol. The molecule has 0 spiro atoms. The summed E-state index contributed by atoms with van der Waals surface area (Å²) in [7, 11) is 0. The Morgan fingerprint density at radius 1 is 1.50 bits per heavy atom. The van der Waals surface area contributed by atoms with E-state index < -0.39 is 5.97 Å². The zero-order valence-electron chi connectivity index (χ0n) is 9.69. The number of carbonyl (C=O) groups excluding carboxylic acids is 1. The molecule has 0 radical (unpaired) electrons. The van der Waals surface area contributed by atoms with E-state index in [-0.39, 0.29) is 24.9 Å². The minimum atomic E-state index is -0.959. The number of carboxylic acid groups (broad SMARTS) is 1. The van der Waals surface area contributed by atoms with E-state index in [2.05, 4.69) is 0 Å². The van der Waals surface area contributed by atoms with Crippen molar-refractivity contribution in [3.05, 3.63) is 0 Å². The van der Waals surface area contributed by atoms with Crippen molar-refractivity contribution in [1.29, 1.82) is 0 Å². The minimum Gasteiger partial charge on any atom is -0.480 e. The van der Waals surface area contributed by atoms with Crippen molar-refractivity contribution in [2.45, 2.75) is 38.6 Å². The second-order valence-electron chi connectivity index (χ2n) is 4.48. The molecule has 92 valence electrons. The van der Waals surface area contributed by atoms with Crippen LogP contribution < -0.4 is 5.73 Å². The highest BCUT2D eigenvalue weighted by molar-refractivity contribution is 5.81. The molecule has 3 N–H and O–H groups in total. The summed E-state index contributed by atoms with van der Waals surface area (Å²) in [6.45, 7) is 2.29. The maximum absolute atomic E-state index is 11.8. The lowest BCUT2D eigenvalue weighted by atomic mass is 10.1. The molecule has 16 heavy (non-hydrogen) atoms.